The lowest BCUT2D eigenvalue weighted by Crippen LogP contribution is -2.41. The normalized spacial score (nSPS) is 16.7. The Hall–Kier alpha value is -1.39. The lowest BCUT2D eigenvalue weighted by molar-refractivity contribution is 0.194. The van der Waals surface area contributed by atoms with E-state index in [1.54, 1.807) is 12.1 Å². The highest BCUT2D eigenvalue weighted by molar-refractivity contribution is 9.10. The number of hydrogen-bond acceptors (Lipinski definition) is 2. The van der Waals surface area contributed by atoms with E-state index >= 15 is 0 Å². The van der Waals surface area contributed by atoms with Gasteiger partial charge in [-0.15, -0.1) is 0 Å². The summed E-state index contributed by atoms with van der Waals surface area (Å²) in [7, 11) is 2.01. The molecule has 0 saturated heterocycles. The molecular weight excluding hydrogens is 331 g/mol. The molecule has 2 aromatic rings. The van der Waals surface area contributed by atoms with E-state index in [2.05, 4.69) is 56.9 Å². The van der Waals surface area contributed by atoms with Gasteiger partial charge in [-0.1, -0.05) is 34.1 Å². The first kappa shape index (κ1) is 14.5. The minimum Gasteiger partial charge on any atom is -0.361 e. The Morgan fingerprint density at radius 2 is 1.86 bits per heavy atom. The zero-order chi connectivity index (χ0) is 15.0. The number of anilines is 1. The van der Waals surface area contributed by atoms with Crippen molar-refractivity contribution in [3.63, 3.8) is 0 Å². The number of benzene rings is 2. The maximum absolute atomic E-state index is 13.4. The van der Waals surface area contributed by atoms with Crippen molar-refractivity contribution in [3.8, 4) is 0 Å². The first-order chi connectivity index (χ1) is 10.0. The Morgan fingerprint density at radius 1 is 1.14 bits per heavy atom. The van der Waals surface area contributed by atoms with Gasteiger partial charge in [-0.05, 0) is 42.3 Å². The zero-order valence-corrected chi connectivity index (χ0v) is 13.8. The van der Waals surface area contributed by atoms with E-state index < -0.39 is 0 Å². The molecule has 4 heteroatoms. The standard InChI is InChI=1S/C17H18BrFN2/c1-12(13-3-6-15(18)7-4-13)21-10-14-5-8-16(19)9-17(14)20(2)11-21/h3-9,12H,10-11H2,1-2H3. The van der Waals surface area contributed by atoms with Crippen molar-refractivity contribution in [1.29, 1.82) is 0 Å². The monoisotopic (exact) mass is 348 g/mol. The van der Waals surface area contributed by atoms with Crippen LogP contribution in [0.1, 0.15) is 24.1 Å². The molecule has 0 bridgehead atoms. The van der Waals surface area contributed by atoms with E-state index in [9.17, 15) is 4.39 Å². The SMILES string of the molecule is CC(c1ccc(Br)cc1)N1Cc2ccc(F)cc2N(C)C1. The maximum Gasteiger partial charge on any atom is 0.125 e. The van der Waals surface area contributed by atoms with Gasteiger partial charge in [0.15, 0.2) is 0 Å². The molecule has 2 nitrogen and oxygen atoms in total. The number of nitrogens with zero attached hydrogens (tertiary/aromatic N) is 2. The third-order valence-corrected chi connectivity index (χ3v) is 4.65. The van der Waals surface area contributed by atoms with Gasteiger partial charge in [0.25, 0.3) is 0 Å². The van der Waals surface area contributed by atoms with Crippen molar-refractivity contribution >= 4 is 21.6 Å². The van der Waals surface area contributed by atoms with Crippen molar-refractivity contribution in [2.24, 2.45) is 0 Å². The van der Waals surface area contributed by atoms with E-state index in [1.165, 1.54) is 11.1 Å². The van der Waals surface area contributed by atoms with Crippen LogP contribution in [0, 0.1) is 5.82 Å². The fourth-order valence-corrected chi connectivity index (χ4v) is 3.12. The van der Waals surface area contributed by atoms with Crippen molar-refractivity contribution in [1.82, 2.24) is 4.90 Å². The van der Waals surface area contributed by atoms with E-state index in [0.717, 1.165) is 23.4 Å². The molecule has 21 heavy (non-hydrogen) atoms. The first-order valence-corrected chi connectivity index (χ1v) is 7.83. The lowest BCUT2D eigenvalue weighted by atomic mass is 10.0. The second-order valence-electron chi connectivity index (χ2n) is 5.59. The van der Waals surface area contributed by atoms with E-state index in [1.807, 2.05) is 13.1 Å². The van der Waals surface area contributed by atoms with Gasteiger partial charge in [-0.2, -0.15) is 0 Å². The van der Waals surface area contributed by atoms with Crippen LogP contribution in [0.2, 0.25) is 0 Å². The molecule has 0 saturated carbocycles. The van der Waals surface area contributed by atoms with Crippen LogP contribution in [0.3, 0.4) is 0 Å². The van der Waals surface area contributed by atoms with Gasteiger partial charge >= 0.3 is 0 Å². The molecule has 1 heterocycles. The summed E-state index contributed by atoms with van der Waals surface area (Å²) in [4.78, 5) is 4.50. The van der Waals surface area contributed by atoms with Gasteiger partial charge < -0.3 is 4.90 Å². The van der Waals surface area contributed by atoms with Crippen LogP contribution in [0.25, 0.3) is 0 Å². The number of rotatable bonds is 2. The molecule has 1 atom stereocenters. The fraction of sp³-hybridized carbons (Fsp3) is 0.294. The summed E-state index contributed by atoms with van der Waals surface area (Å²) < 4.78 is 14.5. The molecule has 1 aliphatic rings. The van der Waals surface area contributed by atoms with Gasteiger partial charge in [0, 0.05) is 29.8 Å². The van der Waals surface area contributed by atoms with Gasteiger partial charge in [0.2, 0.25) is 0 Å². The van der Waals surface area contributed by atoms with E-state index in [4.69, 9.17) is 0 Å². The van der Waals surface area contributed by atoms with Crippen LogP contribution in [-0.2, 0) is 6.54 Å². The summed E-state index contributed by atoms with van der Waals surface area (Å²) in [5.74, 6) is -0.171. The van der Waals surface area contributed by atoms with Gasteiger partial charge in [-0.25, -0.2) is 4.39 Å². The molecule has 2 aromatic carbocycles. The van der Waals surface area contributed by atoms with Gasteiger partial charge in [0.1, 0.15) is 5.82 Å². The number of fused-ring (bicyclic) bond motifs is 1. The van der Waals surface area contributed by atoms with E-state index in [-0.39, 0.29) is 5.82 Å². The van der Waals surface area contributed by atoms with E-state index in [0.29, 0.717) is 6.04 Å². The molecule has 0 amide bonds. The Balaban J connectivity index is 1.85. The molecule has 0 radical (unpaired) electrons. The second kappa shape index (κ2) is 5.78. The average Bonchev–Trinajstić information content (AvgIpc) is 2.48. The summed E-state index contributed by atoms with van der Waals surface area (Å²) >= 11 is 3.47. The minimum atomic E-state index is -0.171. The highest BCUT2D eigenvalue weighted by Crippen LogP contribution is 2.32. The average molecular weight is 349 g/mol. The minimum absolute atomic E-state index is 0.171. The Morgan fingerprint density at radius 3 is 2.57 bits per heavy atom. The molecule has 0 fully saturated rings. The largest absolute Gasteiger partial charge is 0.361 e. The van der Waals surface area contributed by atoms with Crippen LogP contribution in [0.15, 0.2) is 46.9 Å². The maximum atomic E-state index is 13.4. The molecule has 1 aliphatic heterocycles. The predicted octanol–water partition coefficient (Wildman–Crippen LogP) is 4.56. The Kier molecular flexibility index (Phi) is 4.00. The second-order valence-corrected chi connectivity index (χ2v) is 6.50. The molecular formula is C17H18BrFN2. The van der Waals surface area contributed by atoms with Crippen molar-refractivity contribution in [2.75, 3.05) is 18.6 Å². The smallest absolute Gasteiger partial charge is 0.125 e. The molecule has 3 rings (SSSR count). The van der Waals surface area contributed by atoms with Crippen LogP contribution >= 0.6 is 15.9 Å². The number of hydrogen-bond donors (Lipinski definition) is 0. The predicted molar refractivity (Wildman–Crippen MR) is 87.8 cm³/mol. The summed E-state index contributed by atoms with van der Waals surface area (Å²) in [6.07, 6.45) is 0. The highest BCUT2D eigenvalue weighted by atomic mass is 79.9. The zero-order valence-electron chi connectivity index (χ0n) is 12.2. The van der Waals surface area contributed by atoms with Gasteiger partial charge in [-0.3, -0.25) is 4.90 Å². The van der Waals surface area contributed by atoms with Crippen molar-refractivity contribution in [2.45, 2.75) is 19.5 Å². The highest BCUT2D eigenvalue weighted by Gasteiger charge is 2.24. The van der Waals surface area contributed by atoms with Crippen LogP contribution in [0.5, 0.6) is 0 Å². The molecule has 0 aromatic heterocycles. The number of halogens is 2. The topological polar surface area (TPSA) is 6.48 Å². The van der Waals surface area contributed by atoms with Crippen molar-refractivity contribution in [3.05, 3.63) is 63.9 Å². The van der Waals surface area contributed by atoms with Gasteiger partial charge in [0.05, 0.1) is 6.67 Å². The van der Waals surface area contributed by atoms with Crippen LogP contribution < -0.4 is 4.90 Å². The lowest BCUT2D eigenvalue weighted by Gasteiger charge is -2.39. The quantitative estimate of drug-likeness (QED) is 0.784. The summed E-state index contributed by atoms with van der Waals surface area (Å²) in [5, 5.41) is 0. The third-order valence-electron chi connectivity index (χ3n) is 4.13. The fourth-order valence-electron chi connectivity index (χ4n) is 2.86. The molecule has 0 spiro atoms. The Labute approximate surface area is 133 Å². The molecule has 0 aliphatic carbocycles. The van der Waals surface area contributed by atoms with Crippen LogP contribution in [0.4, 0.5) is 10.1 Å². The molecule has 0 N–H and O–H groups in total. The first-order valence-electron chi connectivity index (χ1n) is 7.03. The van der Waals surface area contributed by atoms with Crippen molar-refractivity contribution < 1.29 is 4.39 Å². The summed E-state index contributed by atoms with van der Waals surface area (Å²) in [6.45, 7) is 3.86. The molecule has 110 valence electrons. The Bertz CT molecular complexity index is 642. The third kappa shape index (κ3) is 2.97. The molecule has 1 unspecified atom stereocenters. The summed E-state index contributed by atoms with van der Waals surface area (Å²) in [5.41, 5.74) is 3.46. The van der Waals surface area contributed by atoms with Crippen LogP contribution in [-0.4, -0.2) is 18.6 Å². The summed E-state index contributed by atoms with van der Waals surface area (Å²) in [6, 6.07) is 13.8.